The number of nitrogens with one attached hydrogen (secondary N) is 1. The maximum absolute atomic E-state index is 11.5. The van der Waals surface area contributed by atoms with Crippen molar-refractivity contribution in [2.75, 3.05) is 24.1 Å². The first-order chi connectivity index (χ1) is 13.3. The van der Waals surface area contributed by atoms with Crippen molar-refractivity contribution in [2.24, 2.45) is 11.8 Å². The molecule has 1 saturated carbocycles. The Labute approximate surface area is 167 Å². The second kappa shape index (κ2) is 6.91. The van der Waals surface area contributed by atoms with Crippen LogP contribution in [0.15, 0.2) is 48.5 Å². The Balaban J connectivity index is 1.40. The van der Waals surface area contributed by atoms with Crippen LogP contribution in [-0.2, 0) is 28.4 Å². The molecule has 0 aromatic heterocycles. The first kappa shape index (κ1) is 19.0. The molecule has 2 aromatic rings. The minimum Gasteiger partial charge on any atom is -0.298 e. The molecule has 0 spiro atoms. The van der Waals surface area contributed by atoms with Crippen molar-refractivity contribution in [1.82, 2.24) is 4.90 Å². The molecule has 2 aliphatic rings. The zero-order valence-electron chi connectivity index (χ0n) is 16.2. The molecule has 2 fully saturated rings. The van der Waals surface area contributed by atoms with Crippen molar-refractivity contribution in [3.8, 4) is 6.07 Å². The summed E-state index contributed by atoms with van der Waals surface area (Å²) in [6.07, 6.45) is 1.64. The lowest BCUT2D eigenvalue weighted by molar-refractivity contribution is 0.270. The van der Waals surface area contributed by atoms with Crippen LogP contribution in [0.25, 0.3) is 0 Å². The maximum atomic E-state index is 11.5. The number of nitrogens with zero attached hydrogens (tertiary/aromatic N) is 2. The minimum absolute atomic E-state index is 0.127. The molecule has 6 heteroatoms. The molecule has 146 valence electrons. The molecule has 0 amide bonds. The highest BCUT2D eigenvalue weighted by atomic mass is 32.2. The highest BCUT2D eigenvalue weighted by Crippen LogP contribution is 2.63. The van der Waals surface area contributed by atoms with Gasteiger partial charge >= 0.3 is 0 Å². The van der Waals surface area contributed by atoms with Crippen LogP contribution in [0.5, 0.6) is 0 Å². The van der Waals surface area contributed by atoms with Crippen molar-refractivity contribution in [2.45, 2.75) is 25.3 Å². The summed E-state index contributed by atoms with van der Waals surface area (Å²) in [4.78, 5) is 2.50. The molecule has 2 atom stereocenters. The van der Waals surface area contributed by atoms with Crippen molar-refractivity contribution in [3.63, 3.8) is 0 Å². The Morgan fingerprint density at radius 1 is 1.14 bits per heavy atom. The molecule has 1 N–H and O–H groups in total. The molecule has 1 aliphatic carbocycles. The Hall–Kier alpha value is -2.36. The highest BCUT2D eigenvalue weighted by Gasteiger charge is 2.65. The van der Waals surface area contributed by atoms with E-state index in [-0.39, 0.29) is 5.41 Å². The summed E-state index contributed by atoms with van der Waals surface area (Å²) in [6, 6.07) is 18.3. The van der Waals surface area contributed by atoms with E-state index in [0.717, 1.165) is 25.2 Å². The molecule has 2 aromatic carbocycles. The van der Waals surface area contributed by atoms with Crippen LogP contribution < -0.4 is 4.72 Å². The first-order valence-corrected chi connectivity index (χ1v) is 11.4. The van der Waals surface area contributed by atoms with Crippen molar-refractivity contribution < 1.29 is 8.42 Å². The van der Waals surface area contributed by atoms with E-state index in [2.05, 4.69) is 40.8 Å². The van der Waals surface area contributed by atoms with E-state index in [4.69, 9.17) is 5.26 Å². The van der Waals surface area contributed by atoms with Gasteiger partial charge in [0.1, 0.15) is 0 Å². The van der Waals surface area contributed by atoms with Crippen LogP contribution >= 0.6 is 0 Å². The fourth-order valence-electron chi connectivity index (χ4n) is 4.76. The van der Waals surface area contributed by atoms with Gasteiger partial charge in [0.2, 0.25) is 10.0 Å². The molecular formula is C22H25N3O2S. The van der Waals surface area contributed by atoms with E-state index >= 15 is 0 Å². The SMILES string of the molecule is CC1(c2cccc(NS(C)(=O)=O)c2)C2CN(Cc3ccc(CC#N)cc3)CC21. The zero-order valence-corrected chi connectivity index (χ0v) is 17.0. The summed E-state index contributed by atoms with van der Waals surface area (Å²) < 4.78 is 25.6. The Morgan fingerprint density at radius 3 is 2.39 bits per heavy atom. The molecule has 1 saturated heterocycles. The lowest BCUT2D eigenvalue weighted by Crippen LogP contribution is -2.28. The number of rotatable bonds is 6. The average molecular weight is 396 g/mol. The monoisotopic (exact) mass is 395 g/mol. The van der Waals surface area contributed by atoms with Gasteiger partial charge in [-0.1, -0.05) is 43.3 Å². The van der Waals surface area contributed by atoms with E-state index in [0.29, 0.717) is 23.9 Å². The van der Waals surface area contributed by atoms with Gasteiger partial charge in [-0.2, -0.15) is 5.26 Å². The number of benzene rings is 2. The fraction of sp³-hybridized carbons (Fsp3) is 0.409. The van der Waals surface area contributed by atoms with Crippen LogP contribution in [0.4, 0.5) is 5.69 Å². The Bertz CT molecular complexity index is 1010. The number of piperidine rings is 1. The molecule has 1 aliphatic heterocycles. The first-order valence-electron chi connectivity index (χ1n) is 9.55. The quantitative estimate of drug-likeness (QED) is 0.815. The lowest BCUT2D eigenvalue weighted by atomic mass is 9.92. The van der Waals surface area contributed by atoms with Gasteiger partial charge in [-0.05, 0) is 40.7 Å². The summed E-state index contributed by atoms with van der Waals surface area (Å²) in [7, 11) is -3.26. The van der Waals surface area contributed by atoms with Gasteiger partial charge in [0, 0.05) is 30.7 Å². The average Bonchev–Trinajstić information content (AvgIpc) is 2.99. The largest absolute Gasteiger partial charge is 0.298 e. The minimum atomic E-state index is -3.26. The highest BCUT2D eigenvalue weighted by molar-refractivity contribution is 7.92. The van der Waals surface area contributed by atoms with E-state index in [1.807, 2.05) is 24.3 Å². The van der Waals surface area contributed by atoms with Gasteiger partial charge in [-0.15, -0.1) is 0 Å². The fourth-order valence-corrected chi connectivity index (χ4v) is 5.32. The van der Waals surface area contributed by atoms with E-state index in [9.17, 15) is 8.42 Å². The third-order valence-corrected chi connectivity index (χ3v) is 6.93. The van der Waals surface area contributed by atoms with Crippen LogP contribution in [0, 0.1) is 23.2 Å². The topological polar surface area (TPSA) is 73.2 Å². The number of hydrogen-bond acceptors (Lipinski definition) is 4. The molecule has 1 heterocycles. The van der Waals surface area contributed by atoms with E-state index in [1.165, 1.54) is 17.4 Å². The van der Waals surface area contributed by atoms with Gasteiger partial charge in [-0.3, -0.25) is 9.62 Å². The lowest BCUT2D eigenvalue weighted by Gasteiger charge is -2.25. The number of sulfonamides is 1. The van der Waals surface area contributed by atoms with Gasteiger partial charge in [0.05, 0.1) is 18.7 Å². The summed E-state index contributed by atoms with van der Waals surface area (Å²) in [6.45, 7) is 5.36. The zero-order chi connectivity index (χ0) is 19.9. The normalized spacial score (nSPS) is 26.5. The van der Waals surface area contributed by atoms with E-state index in [1.54, 1.807) is 6.07 Å². The van der Waals surface area contributed by atoms with Crippen molar-refractivity contribution in [1.29, 1.82) is 5.26 Å². The van der Waals surface area contributed by atoms with Gasteiger partial charge in [0.25, 0.3) is 0 Å². The maximum Gasteiger partial charge on any atom is 0.229 e. The number of nitriles is 1. The number of fused-ring (bicyclic) bond motifs is 1. The summed E-state index contributed by atoms with van der Waals surface area (Å²) in [5.74, 6) is 1.22. The Morgan fingerprint density at radius 2 is 1.79 bits per heavy atom. The predicted octanol–water partition coefficient (Wildman–Crippen LogP) is 3.14. The number of likely N-dealkylation sites (tertiary alicyclic amines) is 1. The molecule has 28 heavy (non-hydrogen) atoms. The second-order valence-electron chi connectivity index (χ2n) is 8.30. The second-order valence-corrected chi connectivity index (χ2v) is 10.0. The molecule has 0 radical (unpaired) electrons. The third-order valence-electron chi connectivity index (χ3n) is 6.33. The van der Waals surface area contributed by atoms with Crippen LogP contribution in [0.2, 0.25) is 0 Å². The van der Waals surface area contributed by atoms with Crippen LogP contribution in [-0.4, -0.2) is 32.7 Å². The third kappa shape index (κ3) is 3.65. The van der Waals surface area contributed by atoms with Gasteiger partial charge < -0.3 is 0 Å². The standard InChI is InChI=1S/C22H25N3O2S/c1-22(18-4-3-5-19(12-18)24-28(2,26)27)20-14-25(15-21(20)22)13-17-8-6-16(7-9-17)10-11-23/h3-9,12,20-21,24H,10,13-15H2,1-2H3. The molecule has 5 nitrogen and oxygen atoms in total. The number of hydrogen-bond donors (Lipinski definition) is 1. The smallest absolute Gasteiger partial charge is 0.229 e. The number of anilines is 1. The summed E-state index contributed by atoms with van der Waals surface area (Å²) >= 11 is 0. The van der Waals surface area contributed by atoms with Crippen LogP contribution in [0.1, 0.15) is 23.6 Å². The van der Waals surface area contributed by atoms with Crippen LogP contribution in [0.3, 0.4) is 0 Å². The van der Waals surface area contributed by atoms with Crippen molar-refractivity contribution >= 4 is 15.7 Å². The summed E-state index contributed by atoms with van der Waals surface area (Å²) in [5.41, 5.74) is 4.33. The van der Waals surface area contributed by atoms with Crippen molar-refractivity contribution in [3.05, 3.63) is 65.2 Å². The predicted molar refractivity (Wildman–Crippen MR) is 110 cm³/mol. The van der Waals surface area contributed by atoms with Gasteiger partial charge in [0.15, 0.2) is 0 Å². The molecule has 2 unspecified atom stereocenters. The van der Waals surface area contributed by atoms with E-state index < -0.39 is 10.0 Å². The van der Waals surface area contributed by atoms with Gasteiger partial charge in [-0.25, -0.2) is 8.42 Å². The molecule has 4 rings (SSSR count). The summed E-state index contributed by atoms with van der Waals surface area (Å²) in [5, 5.41) is 8.78. The molecular weight excluding hydrogens is 370 g/mol. The Kier molecular flexibility index (Phi) is 4.68. The molecule has 0 bridgehead atoms.